The van der Waals surface area contributed by atoms with Crippen LogP contribution in [0.15, 0.2) is 29.6 Å². The SMILES string of the molecule is Cc1csc(CNS(=O)(=O)Cc2ccccc2N)n1. The molecule has 0 aliphatic carbocycles. The van der Waals surface area contributed by atoms with Crippen LogP contribution in [0, 0.1) is 6.92 Å². The van der Waals surface area contributed by atoms with Crippen molar-refractivity contribution in [1.29, 1.82) is 0 Å². The Balaban J connectivity index is 2.01. The van der Waals surface area contributed by atoms with Gasteiger partial charge in [0.05, 0.1) is 12.3 Å². The van der Waals surface area contributed by atoms with Gasteiger partial charge in [-0.1, -0.05) is 18.2 Å². The third kappa shape index (κ3) is 4.02. The van der Waals surface area contributed by atoms with E-state index in [1.165, 1.54) is 11.3 Å². The molecule has 102 valence electrons. The van der Waals surface area contributed by atoms with Crippen LogP contribution in [-0.4, -0.2) is 13.4 Å². The van der Waals surface area contributed by atoms with Gasteiger partial charge in [0, 0.05) is 16.8 Å². The van der Waals surface area contributed by atoms with Crippen LogP contribution in [0.2, 0.25) is 0 Å². The Labute approximate surface area is 116 Å². The number of sulfonamides is 1. The maximum Gasteiger partial charge on any atom is 0.216 e. The molecule has 0 amide bonds. The predicted molar refractivity (Wildman–Crippen MR) is 77.2 cm³/mol. The first-order valence-electron chi connectivity index (χ1n) is 5.68. The van der Waals surface area contributed by atoms with Gasteiger partial charge in [0.15, 0.2) is 0 Å². The van der Waals surface area contributed by atoms with Crippen LogP contribution in [0.25, 0.3) is 0 Å². The first-order valence-corrected chi connectivity index (χ1v) is 8.21. The normalized spacial score (nSPS) is 11.6. The number of nitrogen functional groups attached to an aromatic ring is 1. The number of aromatic nitrogens is 1. The summed E-state index contributed by atoms with van der Waals surface area (Å²) in [6, 6.07) is 6.94. The second kappa shape index (κ2) is 5.68. The summed E-state index contributed by atoms with van der Waals surface area (Å²) in [5, 5.41) is 2.64. The number of hydrogen-bond donors (Lipinski definition) is 2. The van der Waals surface area contributed by atoms with Gasteiger partial charge in [-0.25, -0.2) is 18.1 Å². The molecule has 0 unspecified atom stereocenters. The van der Waals surface area contributed by atoms with E-state index >= 15 is 0 Å². The van der Waals surface area contributed by atoms with Crippen LogP contribution in [0.5, 0.6) is 0 Å². The summed E-state index contributed by atoms with van der Waals surface area (Å²) in [6.07, 6.45) is 0. The number of benzene rings is 1. The molecule has 1 heterocycles. The van der Waals surface area contributed by atoms with E-state index in [9.17, 15) is 8.42 Å². The summed E-state index contributed by atoms with van der Waals surface area (Å²) in [4.78, 5) is 4.21. The lowest BCUT2D eigenvalue weighted by atomic mass is 10.2. The molecule has 0 saturated heterocycles. The van der Waals surface area contributed by atoms with E-state index in [1.54, 1.807) is 24.3 Å². The fraction of sp³-hybridized carbons (Fsp3) is 0.250. The summed E-state index contributed by atoms with van der Waals surface area (Å²) in [5.74, 6) is -0.121. The van der Waals surface area contributed by atoms with E-state index in [4.69, 9.17) is 5.73 Å². The summed E-state index contributed by atoms with van der Waals surface area (Å²) in [7, 11) is -3.41. The summed E-state index contributed by atoms with van der Waals surface area (Å²) < 4.78 is 26.4. The van der Waals surface area contributed by atoms with Crippen LogP contribution in [0.1, 0.15) is 16.3 Å². The molecule has 7 heteroatoms. The first kappa shape index (κ1) is 14.0. The van der Waals surface area contributed by atoms with Gasteiger partial charge in [0.25, 0.3) is 0 Å². The van der Waals surface area contributed by atoms with Gasteiger partial charge in [0.2, 0.25) is 10.0 Å². The molecule has 1 aromatic heterocycles. The molecule has 19 heavy (non-hydrogen) atoms. The summed E-state index contributed by atoms with van der Waals surface area (Å²) in [5.41, 5.74) is 7.72. The zero-order valence-corrected chi connectivity index (χ0v) is 12.1. The zero-order chi connectivity index (χ0) is 13.9. The minimum atomic E-state index is -3.41. The molecular formula is C12H15N3O2S2. The lowest BCUT2D eigenvalue weighted by molar-refractivity contribution is 0.580. The van der Waals surface area contributed by atoms with Gasteiger partial charge >= 0.3 is 0 Å². The number of aryl methyl sites for hydroxylation is 1. The van der Waals surface area contributed by atoms with Crippen molar-refractivity contribution in [3.05, 3.63) is 45.9 Å². The Morgan fingerprint density at radius 1 is 1.37 bits per heavy atom. The van der Waals surface area contributed by atoms with Crippen molar-refractivity contribution in [2.75, 3.05) is 5.73 Å². The Hall–Kier alpha value is -1.44. The molecule has 3 N–H and O–H groups in total. The molecule has 0 radical (unpaired) electrons. The molecule has 0 spiro atoms. The molecule has 2 rings (SSSR count). The van der Waals surface area contributed by atoms with Gasteiger partial charge in [-0.15, -0.1) is 11.3 Å². The zero-order valence-electron chi connectivity index (χ0n) is 10.5. The molecule has 0 bridgehead atoms. The Bertz CT molecular complexity index is 665. The summed E-state index contributed by atoms with van der Waals surface area (Å²) >= 11 is 1.44. The van der Waals surface area contributed by atoms with Crippen molar-refractivity contribution < 1.29 is 8.42 Å². The predicted octanol–water partition coefficient (Wildman–Crippen LogP) is 1.65. The van der Waals surface area contributed by atoms with Crippen molar-refractivity contribution in [2.24, 2.45) is 0 Å². The van der Waals surface area contributed by atoms with Gasteiger partial charge in [-0.2, -0.15) is 0 Å². The second-order valence-electron chi connectivity index (χ2n) is 4.16. The fourth-order valence-corrected chi connectivity index (χ4v) is 3.51. The third-order valence-corrected chi connectivity index (χ3v) is 4.75. The number of thiazole rings is 1. The smallest absolute Gasteiger partial charge is 0.216 e. The average molecular weight is 297 g/mol. The van der Waals surface area contributed by atoms with Crippen LogP contribution >= 0.6 is 11.3 Å². The lowest BCUT2D eigenvalue weighted by Gasteiger charge is -2.07. The number of nitrogens with two attached hydrogens (primary N) is 1. The number of para-hydroxylation sites is 1. The topological polar surface area (TPSA) is 85.1 Å². The Kier molecular flexibility index (Phi) is 4.18. The van der Waals surface area contributed by atoms with E-state index in [-0.39, 0.29) is 12.3 Å². The number of nitrogens with zero attached hydrogens (tertiary/aromatic N) is 1. The van der Waals surface area contributed by atoms with Crippen molar-refractivity contribution >= 4 is 27.0 Å². The Morgan fingerprint density at radius 2 is 2.11 bits per heavy atom. The quantitative estimate of drug-likeness (QED) is 0.822. The highest BCUT2D eigenvalue weighted by atomic mass is 32.2. The van der Waals surface area contributed by atoms with E-state index in [2.05, 4.69) is 9.71 Å². The minimum absolute atomic E-state index is 0.121. The van der Waals surface area contributed by atoms with Crippen molar-refractivity contribution in [1.82, 2.24) is 9.71 Å². The van der Waals surface area contributed by atoms with Gasteiger partial charge < -0.3 is 5.73 Å². The number of hydrogen-bond acceptors (Lipinski definition) is 5. The van der Waals surface area contributed by atoms with Gasteiger partial charge in [-0.3, -0.25) is 0 Å². The first-order chi connectivity index (χ1) is 8.96. The van der Waals surface area contributed by atoms with Crippen LogP contribution in [-0.2, 0) is 22.3 Å². The van der Waals surface area contributed by atoms with Gasteiger partial charge in [0.1, 0.15) is 5.01 Å². The molecule has 0 saturated carbocycles. The molecule has 2 aromatic rings. The highest BCUT2D eigenvalue weighted by Gasteiger charge is 2.13. The number of rotatable bonds is 5. The second-order valence-corrected chi connectivity index (χ2v) is 6.91. The average Bonchev–Trinajstić information content (AvgIpc) is 2.76. The molecule has 1 aromatic carbocycles. The number of nitrogens with one attached hydrogen (secondary N) is 1. The molecular weight excluding hydrogens is 282 g/mol. The highest BCUT2D eigenvalue weighted by Crippen LogP contribution is 2.14. The molecule has 0 aliphatic rings. The van der Waals surface area contributed by atoms with Crippen LogP contribution in [0.4, 0.5) is 5.69 Å². The number of anilines is 1. The Morgan fingerprint density at radius 3 is 2.74 bits per heavy atom. The van der Waals surface area contributed by atoms with E-state index in [1.807, 2.05) is 12.3 Å². The molecule has 0 aliphatic heterocycles. The van der Waals surface area contributed by atoms with Crippen molar-refractivity contribution in [2.45, 2.75) is 19.2 Å². The fourth-order valence-electron chi connectivity index (χ4n) is 1.58. The largest absolute Gasteiger partial charge is 0.398 e. The maximum atomic E-state index is 11.9. The maximum absolute atomic E-state index is 11.9. The van der Waals surface area contributed by atoms with E-state index < -0.39 is 10.0 Å². The monoisotopic (exact) mass is 297 g/mol. The highest BCUT2D eigenvalue weighted by molar-refractivity contribution is 7.88. The van der Waals surface area contributed by atoms with Crippen molar-refractivity contribution in [3.8, 4) is 0 Å². The molecule has 0 atom stereocenters. The van der Waals surface area contributed by atoms with Crippen molar-refractivity contribution in [3.63, 3.8) is 0 Å². The third-order valence-electron chi connectivity index (χ3n) is 2.51. The summed E-state index contributed by atoms with van der Waals surface area (Å²) in [6.45, 7) is 2.09. The molecule has 5 nitrogen and oxygen atoms in total. The van der Waals surface area contributed by atoms with E-state index in [0.717, 1.165) is 10.7 Å². The van der Waals surface area contributed by atoms with Crippen LogP contribution < -0.4 is 10.5 Å². The minimum Gasteiger partial charge on any atom is -0.398 e. The van der Waals surface area contributed by atoms with Gasteiger partial charge in [-0.05, 0) is 18.6 Å². The lowest BCUT2D eigenvalue weighted by Crippen LogP contribution is -2.25. The van der Waals surface area contributed by atoms with E-state index in [0.29, 0.717) is 11.3 Å². The molecule has 0 fully saturated rings. The van der Waals surface area contributed by atoms with Crippen LogP contribution in [0.3, 0.4) is 0 Å². The standard InChI is InChI=1S/C12H15N3O2S2/c1-9-7-18-12(15-9)6-14-19(16,17)8-10-4-2-3-5-11(10)13/h2-5,7,14H,6,8,13H2,1H3.